The summed E-state index contributed by atoms with van der Waals surface area (Å²) in [4.78, 5) is 58.1. The van der Waals surface area contributed by atoms with Crippen molar-refractivity contribution in [2.24, 2.45) is 10.2 Å². The standard InChI is InChI=1S/C23H25ClN6O10/c1-13(31)25-16-11-18(28(7-5-21(32)39-3)8-6-22(33)40-4)20(38-2)12-17(16)26-27-23-15(24)9-14(29(34)35)10-19(23)30(36)37/h9-12H,5-8H2,1-4H3,(H,25,31)/b27-26+. The topological polar surface area (TPSA) is 205 Å². The van der Waals surface area contributed by atoms with Gasteiger partial charge in [0.1, 0.15) is 11.4 Å². The summed E-state index contributed by atoms with van der Waals surface area (Å²) in [5.41, 5.74) is -1.39. The number of methoxy groups -OCH3 is 3. The quantitative estimate of drug-likeness (QED) is 0.151. The van der Waals surface area contributed by atoms with Gasteiger partial charge in [0.15, 0.2) is 5.69 Å². The maximum atomic E-state index is 12.0. The van der Waals surface area contributed by atoms with E-state index in [1.54, 1.807) is 4.90 Å². The highest BCUT2D eigenvalue weighted by atomic mass is 35.5. The second-order valence-corrected chi connectivity index (χ2v) is 8.28. The number of amides is 1. The Bertz CT molecular complexity index is 1330. The highest BCUT2D eigenvalue weighted by Gasteiger charge is 2.24. The van der Waals surface area contributed by atoms with Crippen molar-refractivity contribution in [2.75, 3.05) is 44.6 Å². The molecule has 17 heteroatoms. The van der Waals surface area contributed by atoms with Crippen LogP contribution in [0.5, 0.6) is 5.75 Å². The Balaban J connectivity index is 2.65. The molecular weight excluding hydrogens is 556 g/mol. The molecule has 1 N–H and O–H groups in total. The second kappa shape index (κ2) is 14.3. The summed E-state index contributed by atoms with van der Waals surface area (Å²) >= 11 is 6.04. The molecule has 2 aromatic carbocycles. The van der Waals surface area contributed by atoms with Gasteiger partial charge in [-0.25, -0.2) is 0 Å². The fourth-order valence-corrected chi connectivity index (χ4v) is 3.61. The Morgan fingerprint density at radius 3 is 2.02 bits per heavy atom. The van der Waals surface area contributed by atoms with Crippen molar-refractivity contribution in [3.63, 3.8) is 0 Å². The van der Waals surface area contributed by atoms with Crippen LogP contribution in [0.3, 0.4) is 0 Å². The zero-order valence-electron chi connectivity index (χ0n) is 21.8. The number of carbonyl (C=O) groups is 3. The van der Waals surface area contributed by atoms with Gasteiger partial charge in [-0.05, 0) is 6.07 Å². The van der Waals surface area contributed by atoms with Crippen molar-refractivity contribution >= 4 is 63.6 Å². The molecular formula is C23H25ClN6O10. The molecule has 0 unspecified atom stereocenters. The summed E-state index contributed by atoms with van der Waals surface area (Å²) in [6.45, 7) is 1.44. The largest absolute Gasteiger partial charge is 0.494 e. The Morgan fingerprint density at radius 1 is 0.950 bits per heavy atom. The summed E-state index contributed by atoms with van der Waals surface area (Å²) in [5.74, 6) is -1.32. The number of ether oxygens (including phenoxy) is 3. The zero-order valence-corrected chi connectivity index (χ0v) is 22.6. The number of nitro benzene ring substituents is 2. The molecule has 16 nitrogen and oxygen atoms in total. The SMILES string of the molecule is COC(=O)CCN(CCC(=O)OC)c1cc(NC(C)=O)c(/N=N/c2c(Cl)cc([N+](=O)[O-])cc2[N+](=O)[O-])cc1OC. The summed E-state index contributed by atoms with van der Waals surface area (Å²) in [7, 11) is 3.81. The number of anilines is 2. The van der Waals surface area contributed by atoms with Crippen molar-refractivity contribution in [2.45, 2.75) is 19.8 Å². The molecule has 0 atom stereocenters. The van der Waals surface area contributed by atoms with Crippen molar-refractivity contribution in [1.29, 1.82) is 0 Å². The minimum Gasteiger partial charge on any atom is -0.494 e. The number of hydrogen-bond acceptors (Lipinski definition) is 13. The maximum absolute atomic E-state index is 12.0. The number of nitrogens with one attached hydrogen (secondary N) is 1. The predicted molar refractivity (Wildman–Crippen MR) is 142 cm³/mol. The number of nitro groups is 2. The predicted octanol–water partition coefficient (Wildman–Crippen LogP) is 4.47. The highest BCUT2D eigenvalue weighted by Crippen LogP contribution is 2.43. The number of azo groups is 1. The third-order valence-electron chi connectivity index (χ3n) is 5.27. The van der Waals surface area contributed by atoms with Crippen LogP contribution >= 0.6 is 11.6 Å². The molecule has 0 aliphatic rings. The zero-order chi connectivity index (χ0) is 30.0. The number of rotatable bonds is 13. The van der Waals surface area contributed by atoms with Gasteiger partial charge in [-0.15, -0.1) is 10.2 Å². The molecule has 0 aromatic heterocycles. The maximum Gasteiger partial charge on any atom is 0.307 e. The second-order valence-electron chi connectivity index (χ2n) is 7.87. The van der Waals surface area contributed by atoms with Gasteiger partial charge < -0.3 is 24.4 Å². The Hall–Kier alpha value is -4.86. The average molecular weight is 581 g/mol. The van der Waals surface area contributed by atoms with Crippen molar-refractivity contribution in [3.8, 4) is 5.75 Å². The first kappa shape index (κ1) is 31.4. The van der Waals surface area contributed by atoms with Gasteiger partial charge in [0.2, 0.25) is 5.91 Å². The molecule has 0 fully saturated rings. The van der Waals surface area contributed by atoms with Gasteiger partial charge in [0, 0.05) is 32.1 Å². The molecule has 0 radical (unpaired) electrons. The smallest absolute Gasteiger partial charge is 0.307 e. The first-order chi connectivity index (χ1) is 18.9. The molecule has 214 valence electrons. The molecule has 0 bridgehead atoms. The number of benzene rings is 2. The fraction of sp³-hybridized carbons (Fsp3) is 0.348. The van der Waals surface area contributed by atoms with Crippen LogP contribution in [-0.2, 0) is 23.9 Å². The van der Waals surface area contributed by atoms with E-state index in [4.69, 9.17) is 25.8 Å². The van der Waals surface area contributed by atoms with E-state index in [1.165, 1.54) is 40.4 Å². The minimum absolute atomic E-state index is 0.0135. The van der Waals surface area contributed by atoms with Gasteiger partial charge in [-0.2, -0.15) is 0 Å². The molecule has 0 spiro atoms. The van der Waals surface area contributed by atoms with Crippen molar-refractivity contribution < 1.29 is 38.4 Å². The van der Waals surface area contributed by atoms with Gasteiger partial charge in [0.25, 0.3) is 5.69 Å². The lowest BCUT2D eigenvalue weighted by molar-refractivity contribution is -0.393. The Morgan fingerprint density at radius 2 is 1.55 bits per heavy atom. The third kappa shape index (κ3) is 8.32. The van der Waals surface area contributed by atoms with Crippen LogP contribution < -0.4 is 15.0 Å². The summed E-state index contributed by atoms with van der Waals surface area (Å²) in [5, 5.41) is 32.6. The number of halogens is 1. The molecule has 40 heavy (non-hydrogen) atoms. The van der Waals surface area contributed by atoms with Gasteiger partial charge in [0.05, 0.1) is 66.5 Å². The van der Waals surface area contributed by atoms with E-state index in [0.717, 1.165) is 6.07 Å². The monoisotopic (exact) mass is 580 g/mol. The lowest BCUT2D eigenvalue weighted by Gasteiger charge is -2.27. The highest BCUT2D eigenvalue weighted by molar-refractivity contribution is 6.33. The third-order valence-corrected chi connectivity index (χ3v) is 5.56. The van der Waals surface area contributed by atoms with Gasteiger partial charge in [-0.1, -0.05) is 11.6 Å². The van der Waals surface area contributed by atoms with E-state index in [9.17, 15) is 34.6 Å². The number of nitrogens with zero attached hydrogens (tertiary/aromatic N) is 5. The Kier molecular flexibility index (Phi) is 11.2. The molecule has 2 aromatic rings. The van der Waals surface area contributed by atoms with Crippen LogP contribution in [0.2, 0.25) is 5.02 Å². The van der Waals surface area contributed by atoms with E-state index in [0.29, 0.717) is 11.8 Å². The van der Waals surface area contributed by atoms with Crippen LogP contribution in [0.15, 0.2) is 34.5 Å². The lowest BCUT2D eigenvalue weighted by atomic mass is 10.1. The van der Waals surface area contributed by atoms with Crippen LogP contribution in [0.4, 0.5) is 34.1 Å². The first-order valence-corrected chi connectivity index (χ1v) is 11.7. The summed E-state index contributed by atoms with van der Waals surface area (Å²) in [6.07, 6.45) is -0.0832. The minimum atomic E-state index is -0.897. The molecule has 1 amide bonds. The number of non-ortho nitro benzene ring substituents is 1. The lowest BCUT2D eigenvalue weighted by Crippen LogP contribution is -2.29. The Labute approximate surface area is 232 Å². The van der Waals surface area contributed by atoms with Crippen LogP contribution in [-0.4, -0.2) is 62.1 Å². The van der Waals surface area contributed by atoms with Crippen molar-refractivity contribution in [1.82, 2.24) is 0 Å². The van der Waals surface area contributed by atoms with Gasteiger partial charge >= 0.3 is 17.6 Å². The number of hydrogen-bond donors (Lipinski definition) is 1. The van der Waals surface area contributed by atoms with Crippen LogP contribution in [0, 0.1) is 20.2 Å². The van der Waals surface area contributed by atoms with E-state index in [1.807, 2.05) is 0 Å². The van der Waals surface area contributed by atoms with Crippen molar-refractivity contribution in [3.05, 3.63) is 49.5 Å². The molecule has 2 rings (SSSR count). The number of carbonyl (C=O) groups excluding carboxylic acids is 3. The van der Waals surface area contributed by atoms with E-state index in [-0.39, 0.29) is 43.1 Å². The molecule has 0 heterocycles. The van der Waals surface area contributed by atoms with E-state index >= 15 is 0 Å². The van der Waals surface area contributed by atoms with Gasteiger partial charge in [-0.3, -0.25) is 34.6 Å². The van der Waals surface area contributed by atoms with E-state index < -0.39 is 49.8 Å². The molecule has 0 aliphatic carbocycles. The fourth-order valence-electron chi connectivity index (χ4n) is 3.37. The normalized spacial score (nSPS) is 10.6. The summed E-state index contributed by atoms with van der Waals surface area (Å²) in [6, 6.07) is 4.40. The molecule has 0 saturated heterocycles. The first-order valence-electron chi connectivity index (χ1n) is 11.3. The molecule has 0 aliphatic heterocycles. The summed E-state index contributed by atoms with van der Waals surface area (Å²) < 4.78 is 14.9. The number of esters is 2. The van der Waals surface area contributed by atoms with Crippen LogP contribution in [0.1, 0.15) is 19.8 Å². The van der Waals surface area contributed by atoms with Crippen LogP contribution in [0.25, 0.3) is 0 Å². The molecule has 0 saturated carbocycles. The average Bonchev–Trinajstić information content (AvgIpc) is 2.91. The van der Waals surface area contributed by atoms with E-state index in [2.05, 4.69) is 15.5 Å².